The van der Waals surface area contributed by atoms with E-state index in [1.54, 1.807) is 18.5 Å². The van der Waals surface area contributed by atoms with Crippen LogP contribution < -0.4 is 10.5 Å². The molecule has 0 saturated heterocycles. The fourth-order valence-electron chi connectivity index (χ4n) is 1.08. The number of aromatic nitrogens is 1. The van der Waals surface area contributed by atoms with E-state index in [2.05, 4.69) is 4.98 Å². The van der Waals surface area contributed by atoms with E-state index in [0.29, 0.717) is 30.5 Å². The smallest absolute Gasteiger partial charge is 0.139 e. The van der Waals surface area contributed by atoms with Crippen molar-refractivity contribution in [1.82, 2.24) is 4.98 Å². The normalized spacial score (nSPS) is 12.5. The molecule has 0 bridgehead atoms. The van der Waals surface area contributed by atoms with Crippen molar-refractivity contribution in [3.8, 4) is 5.75 Å². The Labute approximate surface area is 94.3 Å². The Morgan fingerprint density at radius 1 is 1.53 bits per heavy atom. The number of pyridine rings is 1. The minimum absolute atomic E-state index is 0.0889. The summed E-state index contributed by atoms with van der Waals surface area (Å²) in [7, 11) is 0. The van der Waals surface area contributed by atoms with E-state index in [1.807, 2.05) is 6.92 Å². The molecule has 0 aromatic carbocycles. The number of halogens is 1. The molecule has 1 heterocycles. The molecule has 0 spiro atoms. The van der Waals surface area contributed by atoms with Crippen LogP contribution in [0.15, 0.2) is 18.5 Å². The molecule has 0 aliphatic rings. The molecule has 0 fully saturated rings. The Balaban J connectivity index is 2.41. The van der Waals surface area contributed by atoms with Crippen LogP contribution in [0.5, 0.6) is 5.75 Å². The summed E-state index contributed by atoms with van der Waals surface area (Å²) in [6, 6.07) is 1.70. The van der Waals surface area contributed by atoms with Crippen LogP contribution in [0.1, 0.15) is 6.92 Å². The van der Waals surface area contributed by atoms with Crippen molar-refractivity contribution in [3.63, 3.8) is 0 Å². The molecule has 1 rings (SSSR count). The SMILES string of the molecule is CCOC(CN)COc1cncc(Cl)c1. The van der Waals surface area contributed by atoms with Crippen LogP contribution in [-0.2, 0) is 4.74 Å². The number of hydrogen-bond acceptors (Lipinski definition) is 4. The van der Waals surface area contributed by atoms with E-state index < -0.39 is 0 Å². The molecule has 1 atom stereocenters. The van der Waals surface area contributed by atoms with Gasteiger partial charge in [0.2, 0.25) is 0 Å². The molecule has 5 heteroatoms. The first kappa shape index (κ1) is 12.2. The summed E-state index contributed by atoms with van der Waals surface area (Å²) in [5, 5.41) is 0.549. The largest absolute Gasteiger partial charge is 0.489 e. The highest BCUT2D eigenvalue weighted by Gasteiger charge is 2.06. The van der Waals surface area contributed by atoms with Gasteiger partial charge in [-0.15, -0.1) is 0 Å². The Hall–Kier alpha value is -0.840. The number of hydrogen-bond donors (Lipinski definition) is 1. The van der Waals surface area contributed by atoms with E-state index >= 15 is 0 Å². The lowest BCUT2D eigenvalue weighted by atomic mass is 10.4. The van der Waals surface area contributed by atoms with Crippen LogP contribution in [-0.4, -0.2) is 30.8 Å². The van der Waals surface area contributed by atoms with Gasteiger partial charge in [0.25, 0.3) is 0 Å². The third-order valence-electron chi connectivity index (χ3n) is 1.78. The zero-order valence-electron chi connectivity index (χ0n) is 8.65. The van der Waals surface area contributed by atoms with Crippen molar-refractivity contribution in [2.24, 2.45) is 5.73 Å². The minimum atomic E-state index is -0.0889. The molecule has 1 unspecified atom stereocenters. The standard InChI is InChI=1S/C10H15ClN2O2/c1-2-14-10(4-12)7-15-9-3-8(11)5-13-6-9/h3,5-6,10H,2,4,7,12H2,1H3. The van der Waals surface area contributed by atoms with Crippen molar-refractivity contribution in [1.29, 1.82) is 0 Å². The Kier molecular flexibility index (Phi) is 5.39. The first-order valence-corrected chi connectivity index (χ1v) is 5.19. The summed E-state index contributed by atoms with van der Waals surface area (Å²) in [4.78, 5) is 3.90. The maximum atomic E-state index is 5.76. The van der Waals surface area contributed by atoms with Crippen molar-refractivity contribution in [2.75, 3.05) is 19.8 Å². The molecule has 1 aromatic rings. The van der Waals surface area contributed by atoms with Crippen LogP contribution in [0.2, 0.25) is 5.02 Å². The highest BCUT2D eigenvalue weighted by atomic mass is 35.5. The molecular weight excluding hydrogens is 216 g/mol. The summed E-state index contributed by atoms with van der Waals surface area (Å²) in [6.07, 6.45) is 3.07. The van der Waals surface area contributed by atoms with Crippen LogP contribution in [0.3, 0.4) is 0 Å². The molecule has 15 heavy (non-hydrogen) atoms. The average molecular weight is 231 g/mol. The predicted octanol–water partition coefficient (Wildman–Crippen LogP) is 1.48. The van der Waals surface area contributed by atoms with Gasteiger partial charge in [-0.3, -0.25) is 4.98 Å². The van der Waals surface area contributed by atoms with E-state index in [1.165, 1.54) is 0 Å². The highest BCUT2D eigenvalue weighted by Crippen LogP contribution is 2.15. The van der Waals surface area contributed by atoms with Crippen LogP contribution in [0.25, 0.3) is 0 Å². The average Bonchev–Trinajstić information content (AvgIpc) is 2.24. The van der Waals surface area contributed by atoms with Crippen molar-refractivity contribution < 1.29 is 9.47 Å². The lowest BCUT2D eigenvalue weighted by Gasteiger charge is -2.15. The van der Waals surface area contributed by atoms with E-state index in [4.69, 9.17) is 26.8 Å². The summed E-state index contributed by atoms with van der Waals surface area (Å²) >= 11 is 5.76. The predicted molar refractivity (Wildman–Crippen MR) is 59.2 cm³/mol. The molecule has 1 aromatic heterocycles. The van der Waals surface area contributed by atoms with Gasteiger partial charge in [-0.2, -0.15) is 0 Å². The van der Waals surface area contributed by atoms with Crippen LogP contribution in [0.4, 0.5) is 0 Å². The second kappa shape index (κ2) is 6.61. The number of nitrogens with two attached hydrogens (primary N) is 1. The van der Waals surface area contributed by atoms with E-state index in [-0.39, 0.29) is 6.10 Å². The summed E-state index contributed by atoms with van der Waals surface area (Å²) in [5.41, 5.74) is 5.51. The molecule has 2 N–H and O–H groups in total. The van der Waals surface area contributed by atoms with Crippen LogP contribution >= 0.6 is 11.6 Å². The molecular formula is C10H15ClN2O2. The van der Waals surface area contributed by atoms with Crippen molar-refractivity contribution in [3.05, 3.63) is 23.5 Å². The molecule has 4 nitrogen and oxygen atoms in total. The van der Waals surface area contributed by atoms with Gasteiger partial charge < -0.3 is 15.2 Å². The summed E-state index contributed by atoms with van der Waals surface area (Å²) < 4.78 is 10.8. The monoisotopic (exact) mass is 230 g/mol. The maximum Gasteiger partial charge on any atom is 0.139 e. The second-order valence-corrected chi connectivity index (χ2v) is 3.40. The molecule has 0 aliphatic heterocycles. The Morgan fingerprint density at radius 3 is 2.93 bits per heavy atom. The number of rotatable bonds is 6. The van der Waals surface area contributed by atoms with Gasteiger partial charge in [0.15, 0.2) is 0 Å². The van der Waals surface area contributed by atoms with Gasteiger partial charge in [0.05, 0.1) is 11.2 Å². The number of ether oxygens (including phenoxy) is 2. The lowest BCUT2D eigenvalue weighted by molar-refractivity contribution is 0.0336. The van der Waals surface area contributed by atoms with Gasteiger partial charge in [0.1, 0.15) is 18.5 Å². The maximum absolute atomic E-state index is 5.76. The molecule has 0 saturated carbocycles. The fourth-order valence-corrected chi connectivity index (χ4v) is 1.24. The molecule has 84 valence electrons. The minimum Gasteiger partial charge on any atom is -0.489 e. The zero-order valence-corrected chi connectivity index (χ0v) is 9.41. The topological polar surface area (TPSA) is 57.4 Å². The Bertz CT molecular complexity index is 297. The quantitative estimate of drug-likeness (QED) is 0.804. The van der Waals surface area contributed by atoms with Gasteiger partial charge >= 0.3 is 0 Å². The first-order chi connectivity index (χ1) is 7.26. The van der Waals surface area contributed by atoms with Crippen molar-refractivity contribution >= 4 is 11.6 Å². The third kappa shape index (κ3) is 4.46. The molecule has 0 radical (unpaired) electrons. The second-order valence-electron chi connectivity index (χ2n) is 2.96. The molecule has 0 aliphatic carbocycles. The lowest BCUT2D eigenvalue weighted by Crippen LogP contribution is -2.30. The Morgan fingerprint density at radius 2 is 2.33 bits per heavy atom. The van der Waals surface area contributed by atoms with E-state index in [9.17, 15) is 0 Å². The number of nitrogens with zero attached hydrogens (tertiary/aromatic N) is 1. The fraction of sp³-hybridized carbons (Fsp3) is 0.500. The molecule has 0 amide bonds. The zero-order chi connectivity index (χ0) is 11.1. The van der Waals surface area contributed by atoms with Gasteiger partial charge in [-0.05, 0) is 6.92 Å². The van der Waals surface area contributed by atoms with Gasteiger partial charge in [0, 0.05) is 25.4 Å². The van der Waals surface area contributed by atoms with Gasteiger partial charge in [-0.1, -0.05) is 11.6 Å². The van der Waals surface area contributed by atoms with E-state index in [0.717, 1.165) is 0 Å². The third-order valence-corrected chi connectivity index (χ3v) is 1.99. The van der Waals surface area contributed by atoms with Gasteiger partial charge in [-0.25, -0.2) is 0 Å². The first-order valence-electron chi connectivity index (χ1n) is 4.81. The summed E-state index contributed by atoms with van der Waals surface area (Å²) in [5.74, 6) is 0.626. The van der Waals surface area contributed by atoms with Crippen molar-refractivity contribution in [2.45, 2.75) is 13.0 Å². The summed E-state index contributed by atoms with van der Waals surface area (Å²) in [6.45, 7) is 3.39. The van der Waals surface area contributed by atoms with Crippen LogP contribution in [0, 0.1) is 0 Å². The highest BCUT2D eigenvalue weighted by molar-refractivity contribution is 6.30.